The maximum absolute atomic E-state index is 13.0. The first kappa shape index (κ1) is 25.4. The fourth-order valence-electron chi connectivity index (χ4n) is 3.75. The fourth-order valence-corrected chi connectivity index (χ4v) is 3.75. The van der Waals surface area contributed by atoms with Crippen molar-refractivity contribution in [3.8, 4) is 0 Å². The number of H-pyrrole nitrogens is 1. The summed E-state index contributed by atoms with van der Waals surface area (Å²) in [6.07, 6.45) is 0.310. The zero-order valence-electron chi connectivity index (χ0n) is 19.5. The number of fused-ring (bicyclic) bond motifs is 1. The molecule has 3 aromatic rings. The molecule has 0 bridgehead atoms. The predicted molar refractivity (Wildman–Crippen MR) is 130 cm³/mol. The van der Waals surface area contributed by atoms with Crippen LogP contribution in [0.3, 0.4) is 0 Å². The van der Waals surface area contributed by atoms with Gasteiger partial charge in [-0.15, -0.1) is 0 Å². The smallest absolute Gasteiger partial charge is 0.329 e. The number of aromatic amines is 1. The minimum Gasteiger partial charge on any atom is -0.480 e. The molecule has 4 N–H and O–H groups in total. The Bertz CT molecular complexity index is 1330. The van der Waals surface area contributed by atoms with Gasteiger partial charge in [-0.25, -0.2) is 9.59 Å². The molecule has 1 aromatic heterocycles. The Labute approximate surface area is 201 Å². The second-order valence-corrected chi connectivity index (χ2v) is 8.71. The number of hydrogen-bond donors (Lipinski definition) is 4. The molecule has 0 spiro atoms. The number of carboxylic acids is 1. The summed E-state index contributed by atoms with van der Waals surface area (Å²) in [6, 6.07) is 13.1. The average molecular weight is 481 g/mol. The maximum atomic E-state index is 13.0. The third-order valence-corrected chi connectivity index (χ3v) is 5.45. The molecule has 0 saturated carbocycles. The Balaban J connectivity index is 1.75. The number of amides is 2. The highest BCUT2D eigenvalue weighted by atomic mass is 16.4. The summed E-state index contributed by atoms with van der Waals surface area (Å²) >= 11 is 0. The van der Waals surface area contributed by atoms with E-state index in [0.29, 0.717) is 5.52 Å². The number of benzene rings is 2. The van der Waals surface area contributed by atoms with Crippen LogP contribution in [0.2, 0.25) is 0 Å². The van der Waals surface area contributed by atoms with Crippen molar-refractivity contribution in [1.82, 2.24) is 20.2 Å². The van der Waals surface area contributed by atoms with Crippen LogP contribution in [-0.2, 0) is 27.3 Å². The third kappa shape index (κ3) is 6.66. The number of aromatic nitrogens is 2. The molecule has 2 aromatic carbocycles. The van der Waals surface area contributed by atoms with E-state index in [4.69, 9.17) is 0 Å². The molecule has 3 rings (SSSR count). The van der Waals surface area contributed by atoms with Crippen molar-refractivity contribution in [2.24, 2.45) is 5.92 Å². The molecule has 0 aliphatic rings. The Morgan fingerprint density at radius 3 is 2.26 bits per heavy atom. The number of aliphatic carboxylic acids is 1. The van der Waals surface area contributed by atoms with Crippen LogP contribution in [0.25, 0.3) is 10.9 Å². The lowest BCUT2D eigenvalue weighted by molar-refractivity contribution is -0.142. The van der Waals surface area contributed by atoms with Gasteiger partial charge in [-0.05, 0) is 30.0 Å². The first-order valence-electron chi connectivity index (χ1n) is 11.2. The number of carbonyl (C=O) groups excluding carboxylic acids is 2. The van der Waals surface area contributed by atoms with Crippen molar-refractivity contribution in [3.63, 3.8) is 0 Å². The number of rotatable bonds is 10. The van der Waals surface area contributed by atoms with E-state index >= 15 is 0 Å². The summed E-state index contributed by atoms with van der Waals surface area (Å²) in [5.41, 5.74) is -0.283. The van der Waals surface area contributed by atoms with Crippen LogP contribution in [0.4, 0.5) is 0 Å². The molecule has 1 heterocycles. The molecule has 2 atom stereocenters. The minimum absolute atomic E-state index is 0.00440. The van der Waals surface area contributed by atoms with Gasteiger partial charge in [0.1, 0.15) is 18.6 Å². The van der Waals surface area contributed by atoms with Crippen LogP contribution >= 0.6 is 0 Å². The van der Waals surface area contributed by atoms with E-state index < -0.39 is 47.7 Å². The second kappa shape index (κ2) is 11.3. The predicted octanol–water partition coefficient (Wildman–Crippen LogP) is 1.03. The van der Waals surface area contributed by atoms with Crippen LogP contribution in [0.15, 0.2) is 64.2 Å². The number of nitrogens with one attached hydrogen (secondary N) is 3. The summed E-state index contributed by atoms with van der Waals surface area (Å²) in [4.78, 5) is 65.1. The van der Waals surface area contributed by atoms with Crippen LogP contribution in [0.1, 0.15) is 25.8 Å². The summed E-state index contributed by atoms with van der Waals surface area (Å²) in [6.45, 7) is 3.11. The van der Waals surface area contributed by atoms with Crippen LogP contribution in [0, 0.1) is 5.92 Å². The van der Waals surface area contributed by atoms with Crippen molar-refractivity contribution >= 4 is 28.7 Å². The summed E-state index contributed by atoms with van der Waals surface area (Å²) in [7, 11) is 0. The molecule has 0 aliphatic heterocycles. The number of para-hydroxylation sites is 1. The highest BCUT2D eigenvalue weighted by Gasteiger charge is 2.27. The molecule has 2 amide bonds. The van der Waals surface area contributed by atoms with Crippen LogP contribution < -0.4 is 21.9 Å². The van der Waals surface area contributed by atoms with Gasteiger partial charge in [-0.3, -0.25) is 19.0 Å². The Hall–Kier alpha value is -4.21. The average Bonchev–Trinajstić information content (AvgIpc) is 2.81. The minimum atomic E-state index is -1.20. The topological polar surface area (TPSA) is 150 Å². The van der Waals surface area contributed by atoms with E-state index in [1.54, 1.807) is 48.5 Å². The number of carbonyl (C=O) groups is 3. The maximum Gasteiger partial charge on any atom is 0.329 e. The lowest BCUT2D eigenvalue weighted by Crippen LogP contribution is -2.53. The molecule has 0 aliphatic carbocycles. The molecular weight excluding hydrogens is 452 g/mol. The first-order chi connectivity index (χ1) is 16.7. The zero-order valence-corrected chi connectivity index (χ0v) is 19.5. The number of hydrogen-bond acceptors (Lipinski definition) is 5. The van der Waals surface area contributed by atoms with Crippen molar-refractivity contribution in [3.05, 3.63) is 81.0 Å². The summed E-state index contributed by atoms with van der Waals surface area (Å²) < 4.78 is 0.761. The second-order valence-electron chi connectivity index (χ2n) is 8.71. The quantitative estimate of drug-likeness (QED) is 0.340. The Kier molecular flexibility index (Phi) is 8.19. The fraction of sp³-hybridized carbons (Fsp3) is 0.320. The van der Waals surface area contributed by atoms with Gasteiger partial charge in [0.2, 0.25) is 11.8 Å². The van der Waals surface area contributed by atoms with Crippen LogP contribution in [0.5, 0.6) is 0 Å². The van der Waals surface area contributed by atoms with Gasteiger partial charge in [0, 0.05) is 6.42 Å². The van der Waals surface area contributed by atoms with E-state index in [1.807, 2.05) is 13.8 Å². The summed E-state index contributed by atoms with van der Waals surface area (Å²) in [5.74, 6) is -2.58. The van der Waals surface area contributed by atoms with E-state index in [9.17, 15) is 29.1 Å². The van der Waals surface area contributed by atoms with Gasteiger partial charge in [-0.1, -0.05) is 56.3 Å². The zero-order chi connectivity index (χ0) is 25.5. The van der Waals surface area contributed by atoms with E-state index in [-0.39, 0.29) is 24.1 Å². The molecule has 0 saturated heterocycles. The van der Waals surface area contributed by atoms with E-state index in [2.05, 4.69) is 15.6 Å². The monoisotopic (exact) mass is 480 g/mol. The molecule has 35 heavy (non-hydrogen) atoms. The first-order valence-corrected chi connectivity index (χ1v) is 11.2. The van der Waals surface area contributed by atoms with Crippen molar-refractivity contribution < 1.29 is 19.5 Å². The SMILES string of the molecule is CC(C)CC(NC(=O)Cn1c(=O)[nH]c2ccccc2c1=O)C(=O)NC(Cc1ccccc1)C(=O)O. The van der Waals surface area contributed by atoms with Crippen molar-refractivity contribution in [2.45, 2.75) is 45.3 Å². The van der Waals surface area contributed by atoms with E-state index in [0.717, 1.165) is 10.1 Å². The highest BCUT2D eigenvalue weighted by Crippen LogP contribution is 2.08. The molecule has 0 fully saturated rings. The van der Waals surface area contributed by atoms with E-state index in [1.165, 1.54) is 6.07 Å². The highest BCUT2D eigenvalue weighted by molar-refractivity contribution is 5.90. The number of nitrogens with zero attached hydrogens (tertiary/aromatic N) is 1. The van der Waals surface area contributed by atoms with Crippen molar-refractivity contribution in [1.29, 1.82) is 0 Å². The normalized spacial score (nSPS) is 12.8. The Morgan fingerprint density at radius 2 is 1.60 bits per heavy atom. The lowest BCUT2D eigenvalue weighted by atomic mass is 10.0. The van der Waals surface area contributed by atoms with Crippen LogP contribution in [-0.4, -0.2) is 44.5 Å². The number of carboxylic acid groups (broad SMARTS) is 1. The summed E-state index contributed by atoms with van der Waals surface area (Å²) in [5, 5.41) is 14.9. The van der Waals surface area contributed by atoms with Gasteiger partial charge in [0.25, 0.3) is 5.56 Å². The Morgan fingerprint density at radius 1 is 0.943 bits per heavy atom. The molecule has 10 heteroatoms. The lowest BCUT2D eigenvalue weighted by Gasteiger charge is -2.23. The van der Waals surface area contributed by atoms with Gasteiger partial charge >= 0.3 is 11.7 Å². The third-order valence-electron chi connectivity index (χ3n) is 5.45. The van der Waals surface area contributed by atoms with Gasteiger partial charge in [0.15, 0.2) is 0 Å². The standard InChI is InChI=1S/C25H28N4O6/c1-15(2)12-19(22(31)27-20(24(33)34)13-16-8-4-3-5-9-16)26-21(30)14-29-23(32)17-10-6-7-11-18(17)28-25(29)35/h3-11,15,19-20H,12-14H2,1-2H3,(H,26,30)(H,27,31)(H,28,35)(H,33,34). The molecule has 2 unspecified atom stereocenters. The molecule has 184 valence electrons. The molecule has 0 radical (unpaired) electrons. The van der Waals surface area contributed by atoms with Crippen molar-refractivity contribution in [2.75, 3.05) is 0 Å². The van der Waals surface area contributed by atoms with Gasteiger partial charge < -0.3 is 20.7 Å². The largest absolute Gasteiger partial charge is 0.480 e. The van der Waals surface area contributed by atoms with Gasteiger partial charge in [0.05, 0.1) is 10.9 Å². The van der Waals surface area contributed by atoms with Gasteiger partial charge in [-0.2, -0.15) is 0 Å². The molecule has 10 nitrogen and oxygen atoms in total. The molecular formula is C25H28N4O6.